The summed E-state index contributed by atoms with van der Waals surface area (Å²) in [5.74, 6) is 0.851. The van der Waals surface area contributed by atoms with E-state index in [9.17, 15) is 9.59 Å². The quantitative estimate of drug-likeness (QED) is 0.912. The summed E-state index contributed by atoms with van der Waals surface area (Å²) in [5, 5.41) is 2.96. The van der Waals surface area contributed by atoms with Gasteiger partial charge in [0.05, 0.1) is 12.5 Å². The van der Waals surface area contributed by atoms with Gasteiger partial charge in [0.1, 0.15) is 5.75 Å². The SMILES string of the molecule is COc1ccc2c(c1)[C@]1(CCN(C(=O)CC(C)(C)C)C1)C(=O)N2. The average molecular weight is 316 g/mol. The van der Waals surface area contributed by atoms with Gasteiger partial charge in [-0.15, -0.1) is 0 Å². The fourth-order valence-electron chi connectivity index (χ4n) is 3.51. The lowest BCUT2D eigenvalue weighted by atomic mass is 9.81. The zero-order chi connectivity index (χ0) is 16.8. The third-order valence-electron chi connectivity index (χ3n) is 4.73. The van der Waals surface area contributed by atoms with Crippen molar-refractivity contribution in [1.29, 1.82) is 0 Å². The molecule has 0 aromatic heterocycles. The van der Waals surface area contributed by atoms with Crippen LogP contribution < -0.4 is 10.1 Å². The van der Waals surface area contributed by atoms with Crippen molar-refractivity contribution in [1.82, 2.24) is 4.90 Å². The molecule has 1 fully saturated rings. The van der Waals surface area contributed by atoms with Crippen molar-refractivity contribution in [2.75, 3.05) is 25.5 Å². The Morgan fingerprint density at radius 3 is 2.78 bits per heavy atom. The van der Waals surface area contributed by atoms with Crippen LogP contribution in [0, 0.1) is 5.41 Å². The summed E-state index contributed by atoms with van der Waals surface area (Å²) in [7, 11) is 1.62. The molecule has 1 aromatic rings. The number of carbonyl (C=O) groups excluding carboxylic acids is 2. The van der Waals surface area contributed by atoms with Crippen LogP contribution in [0.3, 0.4) is 0 Å². The Labute approximate surface area is 137 Å². The number of carbonyl (C=O) groups is 2. The molecule has 5 heteroatoms. The van der Waals surface area contributed by atoms with E-state index >= 15 is 0 Å². The van der Waals surface area contributed by atoms with Crippen molar-refractivity contribution in [3.8, 4) is 5.75 Å². The molecule has 0 bridgehead atoms. The van der Waals surface area contributed by atoms with Crippen LogP contribution in [-0.4, -0.2) is 36.9 Å². The Morgan fingerprint density at radius 2 is 2.13 bits per heavy atom. The topological polar surface area (TPSA) is 58.6 Å². The molecule has 0 aliphatic carbocycles. The van der Waals surface area contributed by atoms with Crippen molar-refractivity contribution < 1.29 is 14.3 Å². The van der Waals surface area contributed by atoms with Gasteiger partial charge in [0.2, 0.25) is 11.8 Å². The Balaban J connectivity index is 1.87. The Bertz CT molecular complexity index is 663. The van der Waals surface area contributed by atoms with Gasteiger partial charge in [-0.2, -0.15) is 0 Å². The number of benzene rings is 1. The predicted octanol–water partition coefficient (Wildman–Crippen LogP) is 2.55. The summed E-state index contributed by atoms with van der Waals surface area (Å²) >= 11 is 0. The number of hydrogen-bond donors (Lipinski definition) is 1. The molecule has 1 saturated heterocycles. The second-order valence-electron chi connectivity index (χ2n) is 7.75. The summed E-state index contributed by atoms with van der Waals surface area (Å²) in [4.78, 5) is 27.0. The molecule has 1 spiro atoms. The van der Waals surface area contributed by atoms with Gasteiger partial charge in [0, 0.05) is 25.2 Å². The molecule has 2 aliphatic rings. The van der Waals surface area contributed by atoms with E-state index in [0.717, 1.165) is 17.0 Å². The van der Waals surface area contributed by atoms with Crippen LogP contribution >= 0.6 is 0 Å². The largest absolute Gasteiger partial charge is 0.497 e. The van der Waals surface area contributed by atoms with Crippen LogP contribution in [0.2, 0.25) is 0 Å². The molecule has 3 rings (SSSR count). The number of rotatable bonds is 2. The molecule has 1 N–H and O–H groups in total. The monoisotopic (exact) mass is 316 g/mol. The molecule has 2 amide bonds. The number of likely N-dealkylation sites (tertiary alicyclic amines) is 1. The minimum absolute atomic E-state index is 0.00758. The molecule has 124 valence electrons. The standard InChI is InChI=1S/C18H24N2O3/c1-17(2,3)10-15(21)20-8-7-18(11-20)13-9-12(23-4)5-6-14(13)19-16(18)22/h5-6,9H,7-8,10-11H2,1-4H3,(H,19,22)/t18-/m1/s1. The minimum atomic E-state index is -0.628. The van der Waals surface area contributed by atoms with Gasteiger partial charge in [-0.25, -0.2) is 0 Å². The van der Waals surface area contributed by atoms with Gasteiger partial charge in [-0.3, -0.25) is 9.59 Å². The maximum Gasteiger partial charge on any atom is 0.237 e. The molecule has 1 aromatic carbocycles. The maximum absolute atomic E-state index is 12.6. The van der Waals surface area contributed by atoms with Gasteiger partial charge >= 0.3 is 0 Å². The zero-order valence-electron chi connectivity index (χ0n) is 14.2. The molecule has 0 saturated carbocycles. The first-order chi connectivity index (χ1) is 10.7. The molecule has 5 nitrogen and oxygen atoms in total. The van der Waals surface area contributed by atoms with E-state index in [4.69, 9.17) is 4.74 Å². The van der Waals surface area contributed by atoms with Crippen LogP contribution in [0.4, 0.5) is 5.69 Å². The van der Waals surface area contributed by atoms with E-state index in [1.54, 1.807) is 7.11 Å². The molecule has 2 heterocycles. The van der Waals surface area contributed by atoms with Crippen LogP contribution in [0.5, 0.6) is 5.75 Å². The van der Waals surface area contributed by atoms with E-state index in [0.29, 0.717) is 25.9 Å². The van der Waals surface area contributed by atoms with Crippen LogP contribution in [0.1, 0.15) is 39.2 Å². The van der Waals surface area contributed by atoms with E-state index in [2.05, 4.69) is 26.1 Å². The maximum atomic E-state index is 12.6. The predicted molar refractivity (Wildman–Crippen MR) is 88.6 cm³/mol. The highest BCUT2D eigenvalue weighted by atomic mass is 16.5. The average Bonchev–Trinajstić information content (AvgIpc) is 3.02. The third-order valence-corrected chi connectivity index (χ3v) is 4.73. The van der Waals surface area contributed by atoms with Crippen LogP contribution in [0.25, 0.3) is 0 Å². The molecular weight excluding hydrogens is 292 g/mol. The highest BCUT2D eigenvalue weighted by Gasteiger charge is 2.52. The highest BCUT2D eigenvalue weighted by molar-refractivity contribution is 6.07. The van der Waals surface area contributed by atoms with Crippen LogP contribution in [-0.2, 0) is 15.0 Å². The number of ether oxygens (including phenoxy) is 1. The molecule has 0 unspecified atom stereocenters. The second kappa shape index (κ2) is 5.25. The number of nitrogens with zero attached hydrogens (tertiary/aromatic N) is 1. The van der Waals surface area contributed by atoms with Crippen molar-refractivity contribution in [3.05, 3.63) is 23.8 Å². The fraction of sp³-hybridized carbons (Fsp3) is 0.556. The first kappa shape index (κ1) is 15.8. The Morgan fingerprint density at radius 1 is 1.39 bits per heavy atom. The molecular formula is C18H24N2O3. The first-order valence-electron chi connectivity index (χ1n) is 8.03. The molecule has 1 atom stereocenters. The summed E-state index contributed by atoms with van der Waals surface area (Å²) < 4.78 is 5.30. The summed E-state index contributed by atoms with van der Waals surface area (Å²) in [6.07, 6.45) is 1.16. The second-order valence-corrected chi connectivity index (χ2v) is 7.75. The lowest BCUT2D eigenvalue weighted by Crippen LogP contribution is -2.40. The number of anilines is 1. The van der Waals surface area contributed by atoms with Gasteiger partial charge in [0.15, 0.2) is 0 Å². The summed E-state index contributed by atoms with van der Waals surface area (Å²) in [6, 6.07) is 5.64. The van der Waals surface area contributed by atoms with E-state index in [1.807, 2.05) is 23.1 Å². The summed E-state index contributed by atoms with van der Waals surface area (Å²) in [5.41, 5.74) is 1.11. The van der Waals surface area contributed by atoms with E-state index in [-0.39, 0.29) is 17.2 Å². The number of methoxy groups -OCH3 is 1. The Kier molecular flexibility index (Phi) is 3.62. The third kappa shape index (κ3) is 2.69. The van der Waals surface area contributed by atoms with Crippen LogP contribution in [0.15, 0.2) is 18.2 Å². The number of fused-ring (bicyclic) bond motifs is 2. The number of hydrogen-bond acceptors (Lipinski definition) is 3. The minimum Gasteiger partial charge on any atom is -0.497 e. The van der Waals surface area contributed by atoms with Crippen molar-refractivity contribution in [3.63, 3.8) is 0 Å². The van der Waals surface area contributed by atoms with Gasteiger partial charge < -0.3 is 15.0 Å². The smallest absolute Gasteiger partial charge is 0.237 e. The molecule has 23 heavy (non-hydrogen) atoms. The van der Waals surface area contributed by atoms with Crippen molar-refractivity contribution in [2.45, 2.75) is 39.0 Å². The van der Waals surface area contributed by atoms with Gasteiger partial charge in [0.25, 0.3) is 0 Å². The van der Waals surface area contributed by atoms with Crippen molar-refractivity contribution >= 4 is 17.5 Å². The molecule has 0 radical (unpaired) electrons. The lowest BCUT2D eigenvalue weighted by molar-refractivity contribution is -0.132. The van der Waals surface area contributed by atoms with Gasteiger partial charge in [-0.1, -0.05) is 20.8 Å². The first-order valence-corrected chi connectivity index (χ1v) is 8.03. The normalized spacial score (nSPS) is 23.1. The van der Waals surface area contributed by atoms with Gasteiger partial charge in [-0.05, 0) is 35.6 Å². The number of nitrogens with one attached hydrogen (secondary N) is 1. The number of amides is 2. The Hall–Kier alpha value is -2.04. The van der Waals surface area contributed by atoms with E-state index < -0.39 is 5.41 Å². The summed E-state index contributed by atoms with van der Waals surface area (Å²) in [6.45, 7) is 7.24. The lowest BCUT2D eigenvalue weighted by Gasteiger charge is -2.25. The molecule has 2 aliphatic heterocycles. The van der Waals surface area contributed by atoms with Crippen molar-refractivity contribution in [2.24, 2.45) is 5.41 Å². The zero-order valence-corrected chi connectivity index (χ0v) is 14.2. The van der Waals surface area contributed by atoms with E-state index in [1.165, 1.54) is 0 Å². The highest BCUT2D eigenvalue weighted by Crippen LogP contribution is 2.45. The fourth-order valence-corrected chi connectivity index (χ4v) is 3.51.